The van der Waals surface area contributed by atoms with Crippen LogP contribution >= 0.6 is 28.1 Å². The molecule has 3 N–H and O–H groups in total. The van der Waals surface area contributed by atoms with Gasteiger partial charge in [0.25, 0.3) is 11.8 Å². The van der Waals surface area contributed by atoms with E-state index in [4.69, 9.17) is 21.7 Å². The largest absolute Gasteiger partial charge is 0.493 e. The molecule has 2 rings (SSSR count). The lowest BCUT2D eigenvalue weighted by molar-refractivity contribution is -0.123. The van der Waals surface area contributed by atoms with Crippen LogP contribution in [0.25, 0.3) is 0 Å². The molecule has 0 aliphatic heterocycles. The minimum atomic E-state index is -0.457. The molecule has 0 aliphatic rings. The van der Waals surface area contributed by atoms with Crippen molar-refractivity contribution in [3.05, 3.63) is 58.1 Å². The Morgan fingerprint density at radius 3 is 2.52 bits per heavy atom. The van der Waals surface area contributed by atoms with Crippen LogP contribution in [0.5, 0.6) is 11.5 Å². The van der Waals surface area contributed by atoms with Gasteiger partial charge in [-0.15, -0.1) is 0 Å². The van der Waals surface area contributed by atoms with Gasteiger partial charge in [-0.25, -0.2) is 0 Å². The molecule has 0 saturated heterocycles. The third-order valence-electron chi connectivity index (χ3n) is 4.07. The van der Waals surface area contributed by atoms with Crippen molar-refractivity contribution in [2.24, 2.45) is 5.92 Å². The number of carbonyl (C=O) groups excluding carboxylic acids is 2. The summed E-state index contributed by atoms with van der Waals surface area (Å²) >= 11 is 8.47. The zero-order valence-corrected chi connectivity index (χ0v) is 20.1. The van der Waals surface area contributed by atoms with Gasteiger partial charge in [-0.1, -0.05) is 32.0 Å². The van der Waals surface area contributed by atoms with E-state index in [1.54, 1.807) is 30.3 Å². The molecule has 0 aliphatic carbocycles. The van der Waals surface area contributed by atoms with Gasteiger partial charge in [0, 0.05) is 0 Å². The van der Waals surface area contributed by atoms with E-state index in [1.165, 1.54) is 0 Å². The molecule has 0 fully saturated rings. The zero-order valence-electron chi connectivity index (χ0n) is 17.7. The fourth-order valence-corrected chi connectivity index (χ4v) is 3.17. The second-order valence-electron chi connectivity index (χ2n) is 7.21. The first-order valence-corrected chi connectivity index (χ1v) is 11.0. The number of aryl methyl sites for hydroxylation is 1. The molecule has 7 nitrogen and oxygen atoms in total. The normalized spacial score (nSPS) is 10.4. The molecule has 2 aromatic rings. The molecule has 0 saturated carbocycles. The van der Waals surface area contributed by atoms with Gasteiger partial charge in [-0.2, -0.15) is 0 Å². The summed E-state index contributed by atoms with van der Waals surface area (Å²) in [6.07, 6.45) is 0.878. The van der Waals surface area contributed by atoms with Crippen molar-refractivity contribution >= 4 is 45.1 Å². The summed E-state index contributed by atoms with van der Waals surface area (Å²) in [4.78, 5) is 24.5. The average molecular weight is 508 g/mol. The smallest absolute Gasteiger partial charge is 0.276 e. The fraction of sp³-hybridized carbons (Fsp3) is 0.318. The zero-order chi connectivity index (χ0) is 22.8. The molecule has 0 atom stereocenters. The highest BCUT2D eigenvalue weighted by atomic mass is 79.9. The Bertz CT molecular complexity index is 937. The maximum atomic E-state index is 12.5. The van der Waals surface area contributed by atoms with Crippen molar-refractivity contribution in [1.29, 1.82) is 0 Å². The predicted octanol–water partition coefficient (Wildman–Crippen LogP) is 3.90. The minimum Gasteiger partial charge on any atom is -0.493 e. The molecule has 0 spiro atoms. The van der Waals surface area contributed by atoms with Crippen LogP contribution in [0.4, 0.5) is 0 Å². The number of ether oxygens (including phenoxy) is 2. The molecule has 0 bridgehead atoms. The molecule has 166 valence electrons. The Kier molecular flexibility index (Phi) is 9.74. The molecule has 2 aromatic carbocycles. The average Bonchev–Trinajstić information content (AvgIpc) is 2.71. The van der Waals surface area contributed by atoms with Gasteiger partial charge in [0.1, 0.15) is 11.5 Å². The van der Waals surface area contributed by atoms with Crippen LogP contribution in [0.15, 0.2) is 46.9 Å². The van der Waals surface area contributed by atoms with Gasteiger partial charge in [0.15, 0.2) is 11.7 Å². The summed E-state index contributed by atoms with van der Waals surface area (Å²) in [5, 5.41) is 2.47. The van der Waals surface area contributed by atoms with E-state index in [0.717, 1.165) is 16.5 Å². The highest BCUT2D eigenvalue weighted by Crippen LogP contribution is 2.25. The third kappa shape index (κ3) is 8.55. The van der Waals surface area contributed by atoms with Crippen LogP contribution in [0.3, 0.4) is 0 Å². The van der Waals surface area contributed by atoms with E-state index >= 15 is 0 Å². The van der Waals surface area contributed by atoms with Gasteiger partial charge in [-0.05, 0) is 77.2 Å². The van der Waals surface area contributed by atoms with E-state index in [-0.39, 0.29) is 11.7 Å². The van der Waals surface area contributed by atoms with E-state index in [2.05, 4.69) is 45.9 Å². The number of hydrogen-bond donors (Lipinski definition) is 3. The first kappa shape index (κ1) is 24.6. The Morgan fingerprint density at radius 2 is 1.81 bits per heavy atom. The Morgan fingerprint density at radius 1 is 1.06 bits per heavy atom. The minimum absolute atomic E-state index is 0.0492. The van der Waals surface area contributed by atoms with Gasteiger partial charge >= 0.3 is 0 Å². The molecule has 0 unspecified atom stereocenters. The maximum Gasteiger partial charge on any atom is 0.276 e. The van der Waals surface area contributed by atoms with E-state index in [9.17, 15) is 9.59 Å². The molecule has 9 heteroatoms. The van der Waals surface area contributed by atoms with Crippen molar-refractivity contribution in [2.45, 2.75) is 27.2 Å². The first-order chi connectivity index (χ1) is 14.8. The van der Waals surface area contributed by atoms with Crippen LogP contribution in [0.2, 0.25) is 0 Å². The molecule has 0 aromatic heterocycles. The number of amides is 2. The molecule has 31 heavy (non-hydrogen) atoms. The number of hydrazine groups is 1. The highest BCUT2D eigenvalue weighted by molar-refractivity contribution is 9.10. The summed E-state index contributed by atoms with van der Waals surface area (Å²) in [7, 11) is 0. The number of hydrogen-bond acceptors (Lipinski definition) is 5. The molecule has 0 heterocycles. The number of benzene rings is 2. The van der Waals surface area contributed by atoms with Gasteiger partial charge in [0.05, 0.1) is 16.6 Å². The number of nitrogens with one attached hydrogen (secondary N) is 3. The lowest BCUT2D eigenvalue weighted by atomic mass is 10.1. The second kappa shape index (κ2) is 12.3. The van der Waals surface area contributed by atoms with Crippen molar-refractivity contribution < 1.29 is 19.1 Å². The number of halogens is 1. The number of thiocarbonyl (C=S) groups is 1. The third-order valence-corrected chi connectivity index (χ3v) is 4.90. The van der Waals surface area contributed by atoms with Gasteiger partial charge in [-0.3, -0.25) is 25.8 Å². The van der Waals surface area contributed by atoms with Crippen LogP contribution in [0, 0.1) is 12.8 Å². The molecule has 2 amide bonds. The Labute approximate surface area is 196 Å². The standard InChI is InChI=1S/C22H26BrN3O4S/c1-14(2)10-11-29-18-7-5-4-6-16(18)21(28)24-22(31)26-25-20(27)13-30-19-9-8-15(3)12-17(19)23/h4-9,12,14H,10-11,13H2,1-3H3,(H,25,27)(H2,24,26,28,31). The van der Waals surface area contributed by atoms with Gasteiger partial charge < -0.3 is 9.47 Å². The molecular weight excluding hydrogens is 482 g/mol. The Hall–Kier alpha value is -2.65. The van der Waals surface area contributed by atoms with Crippen LogP contribution in [-0.4, -0.2) is 30.1 Å². The quantitative estimate of drug-likeness (QED) is 0.371. The van der Waals surface area contributed by atoms with E-state index < -0.39 is 11.8 Å². The first-order valence-electron chi connectivity index (χ1n) is 9.77. The number of para-hydroxylation sites is 1. The van der Waals surface area contributed by atoms with Crippen LogP contribution < -0.4 is 25.6 Å². The summed E-state index contributed by atoms with van der Waals surface area (Å²) < 4.78 is 11.9. The Balaban J connectivity index is 1.80. The predicted molar refractivity (Wildman–Crippen MR) is 127 cm³/mol. The maximum absolute atomic E-state index is 12.5. The van der Waals surface area contributed by atoms with Crippen molar-refractivity contribution in [3.63, 3.8) is 0 Å². The fourth-order valence-electron chi connectivity index (χ4n) is 2.42. The lowest BCUT2D eigenvalue weighted by Gasteiger charge is -2.14. The van der Waals surface area contributed by atoms with Crippen molar-refractivity contribution in [1.82, 2.24) is 16.2 Å². The number of carbonyl (C=O) groups is 2. The van der Waals surface area contributed by atoms with E-state index in [1.807, 2.05) is 19.1 Å². The van der Waals surface area contributed by atoms with E-state index in [0.29, 0.717) is 29.6 Å². The van der Waals surface area contributed by atoms with Crippen molar-refractivity contribution in [3.8, 4) is 11.5 Å². The summed E-state index contributed by atoms with van der Waals surface area (Å²) in [6.45, 7) is 6.45. The topological polar surface area (TPSA) is 88.7 Å². The van der Waals surface area contributed by atoms with Gasteiger partial charge in [0.2, 0.25) is 0 Å². The highest BCUT2D eigenvalue weighted by Gasteiger charge is 2.14. The number of rotatable bonds is 8. The lowest BCUT2D eigenvalue weighted by Crippen LogP contribution is -2.49. The second-order valence-corrected chi connectivity index (χ2v) is 8.47. The summed E-state index contributed by atoms with van der Waals surface area (Å²) in [5.41, 5.74) is 6.30. The van der Waals surface area contributed by atoms with Crippen LogP contribution in [0.1, 0.15) is 36.2 Å². The van der Waals surface area contributed by atoms with Crippen molar-refractivity contribution in [2.75, 3.05) is 13.2 Å². The molecular formula is C22H26BrN3O4S. The molecule has 0 radical (unpaired) electrons. The summed E-state index contributed by atoms with van der Waals surface area (Å²) in [6, 6.07) is 12.5. The summed E-state index contributed by atoms with van der Waals surface area (Å²) in [5.74, 6) is 0.626. The van der Waals surface area contributed by atoms with Crippen LogP contribution in [-0.2, 0) is 4.79 Å². The SMILES string of the molecule is Cc1ccc(OCC(=O)NNC(=S)NC(=O)c2ccccc2OCCC(C)C)c(Br)c1. The monoisotopic (exact) mass is 507 g/mol.